The van der Waals surface area contributed by atoms with Crippen LogP contribution >= 0.6 is 35.1 Å². The summed E-state index contributed by atoms with van der Waals surface area (Å²) in [7, 11) is 0. The molecule has 0 saturated carbocycles. The summed E-state index contributed by atoms with van der Waals surface area (Å²) in [6.45, 7) is 0. The molecule has 98 valence electrons. The number of thioether (sulfide) groups is 2. The zero-order valence-corrected chi connectivity index (χ0v) is 12.7. The number of fused-ring (bicyclic) bond motifs is 1. The summed E-state index contributed by atoms with van der Waals surface area (Å²) in [4.78, 5) is 2.55. The quantitative estimate of drug-likeness (QED) is 0.645. The van der Waals surface area contributed by atoms with Crippen molar-refractivity contribution in [2.45, 2.75) is 15.7 Å². The first-order valence-electron chi connectivity index (χ1n) is 6.13. The van der Waals surface area contributed by atoms with Crippen LogP contribution in [0.4, 0.5) is 5.69 Å². The highest BCUT2D eigenvalue weighted by atomic mass is 35.5. The predicted octanol–water partition coefficient (Wildman–Crippen LogP) is 4.90. The van der Waals surface area contributed by atoms with Crippen molar-refractivity contribution in [2.75, 3.05) is 17.2 Å². The van der Waals surface area contributed by atoms with Gasteiger partial charge in [0.2, 0.25) is 0 Å². The Morgan fingerprint density at radius 2 is 2.11 bits per heavy atom. The van der Waals surface area contributed by atoms with Crippen LogP contribution in [0.5, 0.6) is 0 Å². The second-order valence-corrected chi connectivity index (χ2v) is 7.10. The Balaban J connectivity index is 1.71. The minimum atomic E-state index is 0.612. The van der Waals surface area contributed by atoms with Crippen LogP contribution in [0.25, 0.3) is 0 Å². The van der Waals surface area contributed by atoms with Gasteiger partial charge in [-0.3, -0.25) is 0 Å². The van der Waals surface area contributed by atoms with E-state index in [0.29, 0.717) is 10.9 Å². The van der Waals surface area contributed by atoms with E-state index < -0.39 is 0 Å². The lowest BCUT2D eigenvalue weighted by molar-refractivity contribution is 0.896. The van der Waals surface area contributed by atoms with Gasteiger partial charge in [0.05, 0.1) is 0 Å². The third kappa shape index (κ3) is 2.88. The molecule has 0 radical (unpaired) electrons. The van der Waals surface area contributed by atoms with Gasteiger partial charge in [0.1, 0.15) is 0 Å². The highest BCUT2D eigenvalue weighted by molar-refractivity contribution is 8.00. The molecule has 2 aromatic carbocycles. The van der Waals surface area contributed by atoms with Gasteiger partial charge >= 0.3 is 0 Å². The van der Waals surface area contributed by atoms with Gasteiger partial charge in [0.15, 0.2) is 0 Å². The number of hydrogen-bond acceptors (Lipinski definition) is 3. The Kier molecular flexibility index (Phi) is 3.96. The van der Waals surface area contributed by atoms with Gasteiger partial charge in [-0.2, -0.15) is 0 Å². The molecule has 2 N–H and O–H groups in total. The smallest absolute Gasteiger partial charge is 0.0467 e. The zero-order chi connectivity index (χ0) is 13.2. The minimum Gasteiger partial charge on any atom is -0.398 e. The van der Waals surface area contributed by atoms with E-state index in [2.05, 4.69) is 24.3 Å². The van der Waals surface area contributed by atoms with Crippen LogP contribution in [0.15, 0.2) is 52.3 Å². The lowest BCUT2D eigenvalue weighted by Crippen LogP contribution is -2.00. The van der Waals surface area contributed by atoms with Crippen molar-refractivity contribution in [1.82, 2.24) is 0 Å². The standard InChI is InChI=1S/C15H14ClNS2/c16-11-5-6-15(13(17)7-11)19-9-10-8-18-14-4-2-1-3-12(10)14/h1-7,10H,8-9,17H2. The summed E-state index contributed by atoms with van der Waals surface area (Å²) >= 11 is 9.69. The maximum Gasteiger partial charge on any atom is 0.0467 e. The molecule has 1 aliphatic rings. The summed E-state index contributed by atoms with van der Waals surface area (Å²) < 4.78 is 0. The fourth-order valence-corrected chi connectivity index (χ4v) is 4.86. The van der Waals surface area contributed by atoms with Crippen molar-refractivity contribution in [2.24, 2.45) is 0 Å². The van der Waals surface area contributed by atoms with E-state index in [4.69, 9.17) is 17.3 Å². The van der Waals surface area contributed by atoms with Crippen LogP contribution in [0.1, 0.15) is 11.5 Å². The summed E-state index contributed by atoms with van der Waals surface area (Å²) in [5.41, 5.74) is 8.24. The van der Waals surface area contributed by atoms with Gasteiger partial charge in [0.25, 0.3) is 0 Å². The Labute approximate surface area is 126 Å². The average molecular weight is 308 g/mol. The van der Waals surface area contributed by atoms with E-state index in [1.807, 2.05) is 41.7 Å². The summed E-state index contributed by atoms with van der Waals surface area (Å²) in [5, 5.41) is 0.698. The van der Waals surface area contributed by atoms with Gasteiger partial charge in [-0.25, -0.2) is 0 Å². The van der Waals surface area contributed by atoms with Crippen LogP contribution in [-0.4, -0.2) is 11.5 Å². The first-order chi connectivity index (χ1) is 9.24. The fourth-order valence-electron chi connectivity index (χ4n) is 2.21. The normalized spacial score (nSPS) is 17.4. The van der Waals surface area contributed by atoms with Crippen molar-refractivity contribution in [1.29, 1.82) is 0 Å². The summed E-state index contributed by atoms with van der Waals surface area (Å²) in [6, 6.07) is 14.4. The topological polar surface area (TPSA) is 26.0 Å². The monoisotopic (exact) mass is 307 g/mol. The molecule has 1 unspecified atom stereocenters. The van der Waals surface area contributed by atoms with Crippen molar-refractivity contribution < 1.29 is 0 Å². The molecule has 1 heterocycles. The first kappa shape index (κ1) is 13.2. The number of nitrogens with two attached hydrogens (primary N) is 1. The molecule has 0 bridgehead atoms. The highest BCUT2D eigenvalue weighted by Crippen LogP contribution is 2.42. The van der Waals surface area contributed by atoms with Gasteiger partial charge in [-0.05, 0) is 29.8 Å². The largest absolute Gasteiger partial charge is 0.398 e. The third-order valence-corrected chi connectivity index (χ3v) is 5.95. The molecule has 0 amide bonds. The zero-order valence-electron chi connectivity index (χ0n) is 10.3. The predicted molar refractivity (Wildman–Crippen MR) is 86.5 cm³/mol. The Hall–Kier alpha value is -0.770. The summed E-state index contributed by atoms with van der Waals surface area (Å²) in [5.74, 6) is 2.84. The van der Waals surface area contributed by atoms with E-state index in [1.54, 1.807) is 0 Å². The van der Waals surface area contributed by atoms with Crippen LogP contribution in [0, 0.1) is 0 Å². The van der Waals surface area contributed by atoms with E-state index in [-0.39, 0.29) is 0 Å². The Morgan fingerprint density at radius 1 is 1.26 bits per heavy atom. The Morgan fingerprint density at radius 3 is 2.95 bits per heavy atom. The lowest BCUT2D eigenvalue weighted by Gasteiger charge is -2.11. The van der Waals surface area contributed by atoms with Crippen LogP contribution in [-0.2, 0) is 0 Å². The molecule has 0 fully saturated rings. The number of nitrogen functional groups attached to an aromatic ring is 1. The second-order valence-electron chi connectivity index (χ2n) is 4.54. The minimum absolute atomic E-state index is 0.612. The third-order valence-electron chi connectivity index (χ3n) is 3.21. The molecule has 1 nitrogen and oxygen atoms in total. The van der Waals surface area contributed by atoms with Gasteiger partial charge in [-0.1, -0.05) is 29.8 Å². The van der Waals surface area contributed by atoms with Crippen molar-refractivity contribution >= 4 is 40.8 Å². The summed E-state index contributed by atoms with van der Waals surface area (Å²) in [6.07, 6.45) is 0. The fraction of sp³-hybridized carbons (Fsp3) is 0.200. The second kappa shape index (κ2) is 5.70. The number of rotatable bonds is 3. The van der Waals surface area contributed by atoms with Gasteiger partial charge in [0, 0.05) is 37.9 Å². The number of hydrogen-bond donors (Lipinski definition) is 1. The maximum absolute atomic E-state index is 5.99. The molecule has 4 heteroatoms. The van der Waals surface area contributed by atoms with Crippen LogP contribution < -0.4 is 5.73 Å². The number of halogens is 1. The highest BCUT2D eigenvalue weighted by Gasteiger charge is 2.22. The molecular weight excluding hydrogens is 294 g/mol. The molecule has 0 aliphatic carbocycles. The molecular formula is C15H14ClNS2. The van der Waals surface area contributed by atoms with Crippen molar-refractivity contribution in [3.63, 3.8) is 0 Å². The maximum atomic E-state index is 5.99. The molecule has 3 rings (SSSR count). The van der Waals surface area contributed by atoms with Crippen molar-refractivity contribution in [3.05, 3.63) is 53.1 Å². The van der Waals surface area contributed by atoms with Crippen molar-refractivity contribution in [3.8, 4) is 0 Å². The molecule has 1 aliphatic heterocycles. The first-order valence-corrected chi connectivity index (χ1v) is 8.48. The van der Waals surface area contributed by atoms with E-state index in [0.717, 1.165) is 16.3 Å². The molecule has 1 atom stereocenters. The molecule has 2 aromatic rings. The Bertz CT molecular complexity index is 600. The number of anilines is 1. The lowest BCUT2D eigenvalue weighted by atomic mass is 10.0. The number of benzene rings is 2. The van der Waals surface area contributed by atoms with Crippen LogP contribution in [0.2, 0.25) is 5.02 Å². The van der Waals surface area contributed by atoms with Gasteiger partial charge in [-0.15, -0.1) is 23.5 Å². The van der Waals surface area contributed by atoms with E-state index in [9.17, 15) is 0 Å². The average Bonchev–Trinajstić information content (AvgIpc) is 2.81. The van der Waals surface area contributed by atoms with E-state index >= 15 is 0 Å². The molecule has 0 spiro atoms. The van der Waals surface area contributed by atoms with Gasteiger partial charge < -0.3 is 5.73 Å². The SMILES string of the molecule is Nc1cc(Cl)ccc1SCC1CSc2ccccc21. The molecule has 0 saturated heterocycles. The van der Waals surface area contributed by atoms with Crippen LogP contribution in [0.3, 0.4) is 0 Å². The molecule has 0 aromatic heterocycles. The van der Waals surface area contributed by atoms with E-state index in [1.165, 1.54) is 16.2 Å². The molecule has 19 heavy (non-hydrogen) atoms.